The van der Waals surface area contributed by atoms with Crippen molar-refractivity contribution in [2.24, 2.45) is 0 Å². The van der Waals surface area contributed by atoms with E-state index < -0.39 is 0 Å². The van der Waals surface area contributed by atoms with Gasteiger partial charge in [-0.3, -0.25) is 0 Å². The van der Waals surface area contributed by atoms with Crippen molar-refractivity contribution in [1.82, 2.24) is 0 Å². The number of phenols is 1. The molecule has 0 amide bonds. The Bertz CT molecular complexity index is 361. The lowest BCUT2D eigenvalue weighted by atomic mass is 10.1. The van der Waals surface area contributed by atoms with Crippen molar-refractivity contribution in [3.05, 3.63) is 17.7 Å². The van der Waals surface area contributed by atoms with E-state index in [1.807, 2.05) is 0 Å². The monoisotopic (exact) mass is 212 g/mol. The van der Waals surface area contributed by atoms with Crippen LogP contribution >= 0.6 is 12.2 Å². The molecule has 0 aliphatic heterocycles. The Morgan fingerprint density at radius 2 is 1.93 bits per heavy atom. The Morgan fingerprint density at radius 3 is 2.36 bits per heavy atom. The molecule has 0 aliphatic carbocycles. The van der Waals surface area contributed by atoms with Crippen LogP contribution in [0.3, 0.4) is 0 Å². The molecule has 0 aromatic heterocycles. The first-order chi connectivity index (χ1) is 6.60. The van der Waals surface area contributed by atoms with Gasteiger partial charge in [0.15, 0.2) is 0 Å². The largest absolute Gasteiger partial charge is 0.507 e. The SMILES string of the molecule is COc1cc(O)c(C(C)=S)c(OC)c1. The van der Waals surface area contributed by atoms with Crippen LogP contribution < -0.4 is 9.47 Å². The zero-order valence-corrected chi connectivity index (χ0v) is 9.14. The average molecular weight is 212 g/mol. The highest BCUT2D eigenvalue weighted by molar-refractivity contribution is 7.80. The predicted octanol–water partition coefficient (Wildman–Crippen LogP) is 2.15. The first-order valence-electron chi connectivity index (χ1n) is 4.06. The van der Waals surface area contributed by atoms with E-state index in [0.717, 1.165) is 0 Å². The van der Waals surface area contributed by atoms with Gasteiger partial charge in [0.05, 0.1) is 19.8 Å². The number of phenolic OH excluding ortho intramolecular Hbond substituents is 1. The first kappa shape index (κ1) is 10.8. The van der Waals surface area contributed by atoms with Crippen LogP contribution in [0.2, 0.25) is 0 Å². The summed E-state index contributed by atoms with van der Waals surface area (Å²) in [5, 5.41) is 9.66. The molecule has 0 unspecified atom stereocenters. The van der Waals surface area contributed by atoms with Crippen molar-refractivity contribution in [3.8, 4) is 17.2 Å². The molecule has 76 valence electrons. The van der Waals surface area contributed by atoms with Gasteiger partial charge in [0.2, 0.25) is 0 Å². The molecule has 14 heavy (non-hydrogen) atoms. The molecule has 1 rings (SSSR count). The van der Waals surface area contributed by atoms with Crippen molar-refractivity contribution in [2.45, 2.75) is 6.92 Å². The van der Waals surface area contributed by atoms with Gasteiger partial charge in [0.25, 0.3) is 0 Å². The molecule has 4 heteroatoms. The molecule has 3 nitrogen and oxygen atoms in total. The van der Waals surface area contributed by atoms with Gasteiger partial charge in [-0.2, -0.15) is 0 Å². The van der Waals surface area contributed by atoms with Crippen LogP contribution in [0.1, 0.15) is 12.5 Å². The lowest BCUT2D eigenvalue weighted by Gasteiger charge is -2.11. The molecular weight excluding hydrogens is 200 g/mol. The van der Waals surface area contributed by atoms with Crippen LogP contribution in [0.4, 0.5) is 0 Å². The van der Waals surface area contributed by atoms with E-state index in [4.69, 9.17) is 21.7 Å². The zero-order valence-electron chi connectivity index (χ0n) is 8.33. The minimum Gasteiger partial charge on any atom is -0.507 e. The summed E-state index contributed by atoms with van der Waals surface area (Å²) in [5.41, 5.74) is 0.545. The van der Waals surface area contributed by atoms with Crippen LogP contribution in [-0.4, -0.2) is 24.2 Å². The summed E-state index contributed by atoms with van der Waals surface area (Å²) in [5.74, 6) is 1.14. The fourth-order valence-electron chi connectivity index (χ4n) is 1.21. The highest BCUT2D eigenvalue weighted by Crippen LogP contribution is 2.33. The number of hydrogen-bond acceptors (Lipinski definition) is 4. The second-order valence-corrected chi connectivity index (χ2v) is 3.39. The van der Waals surface area contributed by atoms with Gasteiger partial charge in [0, 0.05) is 17.0 Å². The summed E-state index contributed by atoms with van der Waals surface area (Å²) in [6.07, 6.45) is 0. The maximum atomic E-state index is 9.66. The summed E-state index contributed by atoms with van der Waals surface area (Å²) in [4.78, 5) is 0.585. The van der Waals surface area contributed by atoms with Gasteiger partial charge < -0.3 is 14.6 Å². The van der Waals surface area contributed by atoms with Crippen LogP contribution in [-0.2, 0) is 0 Å². The molecule has 1 aromatic carbocycles. The number of benzene rings is 1. The lowest BCUT2D eigenvalue weighted by Crippen LogP contribution is -1.98. The third kappa shape index (κ3) is 1.96. The van der Waals surface area contributed by atoms with Crippen LogP contribution in [0.5, 0.6) is 17.2 Å². The summed E-state index contributed by atoms with van der Waals surface area (Å²) in [6.45, 7) is 1.74. The van der Waals surface area contributed by atoms with E-state index in [1.165, 1.54) is 20.3 Å². The standard InChI is InChI=1S/C10H12O3S/c1-6(14)10-8(11)4-7(12-2)5-9(10)13-3/h4-5,11H,1-3H3. The predicted molar refractivity (Wildman–Crippen MR) is 58.6 cm³/mol. The van der Waals surface area contributed by atoms with E-state index in [0.29, 0.717) is 21.9 Å². The fraction of sp³-hybridized carbons (Fsp3) is 0.300. The van der Waals surface area contributed by atoms with E-state index in [9.17, 15) is 5.11 Å². The third-order valence-corrected chi connectivity index (χ3v) is 2.07. The molecule has 1 N–H and O–H groups in total. The Hall–Kier alpha value is -1.29. The van der Waals surface area contributed by atoms with Gasteiger partial charge in [0.1, 0.15) is 17.2 Å². The maximum Gasteiger partial charge on any atom is 0.134 e. The quantitative estimate of drug-likeness (QED) is 0.615. The zero-order chi connectivity index (χ0) is 10.7. The Morgan fingerprint density at radius 1 is 1.29 bits per heavy atom. The molecule has 0 radical (unpaired) electrons. The summed E-state index contributed by atoms with van der Waals surface area (Å²) >= 11 is 5.00. The minimum atomic E-state index is 0.0775. The molecule has 0 spiro atoms. The molecule has 0 aliphatic rings. The van der Waals surface area contributed by atoms with Crippen molar-refractivity contribution in [1.29, 1.82) is 0 Å². The molecular formula is C10H12O3S. The maximum absolute atomic E-state index is 9.66. The van der Waals surface area contributed by atoms with Crippen LogP contribution in [0.25, 0.3) is 0 Å². The van der Waals surface area contributed by atoms with E-state index in [2.05, 4.69) is 0 Å². The Balaban J connectivity index is 3.34. The molecule has 0 heterocycles. The summed E-state index contributed by atoms with van der Waals surface area (Å²) < 4.78 is 10.1. The second kappa shape index (κ2) is 4.28. The first-order valence-corrected chi connectivity index (χ1v) is 4.47. The number of aromatic hydroxyl groups is 1. The van der Waals surface area contributed by atoms with E-state index in [-0.39, 0.29) is 5.75 Å². The minimum absolute atomic E-state index is 0.0775. The van der Waals surface area contributed by atoms with Crippen LogP contribution in [0, 0.1) is 0 Å². The molecule has 0 bridgehead atoms. The summed E-state index contributed by atoms with van der Waals surface area (Å²) in [6, 6.07) is 3.19. The number of thiocarbonyl (C=S) groups is 1. The van der Waals surface area contributed by atoms with Crippen molar-refractivity contribution >= 4 is 17.1 Å². The van der Waals surface area contributed by atoms with Crippen molar-refractivity contribution in [3.63, 3.8) is 0 Å². The van der Waals surface area contributed by atoms with E-state index in [1.54, 1.807) is 13.0 Å². The number of ether oxygens (including phenoxy) is 2. The molecule has 0 atom stereocenters. The Labute approximate surface area is 88.3 Å². The topological polar surface area (TPSA) is 38.7 Å². The fourth-order valence-corrected chi connectivity index (χ4v) is 1.41. The Kier molecular flexibility index (Phi) is 3.30. The number of rotatable bonds is 3. The summed E-state index contributed by atoms with van der Waals surface area (Å²) in [7, 11) is 3.05. The molecule has 0 fully saturated rings. The van der Waals surface area contributed by atoms with Gasteiger partial charge in [-0.25, -0.2) is 0 Å². The molecule has 0 saturated heterocycles. The third-order valence-electron chi connectivity index (χ3n) is 1.86. The molecule has 1 aromatic rings. The second-order valence-electron chi connectivity index (χ2n) is 2.78. The highest BCUT2D eigenvalue weighted by atomic mass is 32.1. The lowest BCUT2D eigenvalue weighted by molar-refractivity contribution is 0.384. The van der Waals surface area contributed by atoms with Crippen LogP contribution in [0.15, 0.2) is 12.1 Å². The normalized spacial score (nSPS) is 9.64. The highest BCUT2D eigenvalue weighted by Gasteiger charge is 2.12. The van der Waals surface area contributed by atoms with E-state index >= 15 is 0 Å². The van der Waals surface area contributed by atoms with Gasteiger partial charge in [-0.1, -0.05) is 12.2 Å². The number of hydrogen-bond donors (Lipinski definition) is 1. The van der Waals surface area contributed by atoms with Crippen molar-refractivity contribution in [2.75, 3.05) is 14.2 Å². The molecule has 0 saturated carbocycles. The van der Waals surface area contributed by atoms with Gasteiger partial charge in [-0.15, -0.1) is 0 Å². The average Bonchev–Trinajstić information content (AvgIpc) is 2.15. The van der Waals surface area contributed by atoms with Gasteiger partial charge in [-0.05, 0) is 6.92 Å². The number of methoxy groups -OCH3 is 2. The smallest absolute Gasteiger partial charge is 0.134 e. The van der Waals surface area contributed by atoms with Crippen molar-refractivity contribution < 1.29 is 14.6 Å². The van der Waals surface area contributed by atoms with Gasteiger partial charge >= 0.3 is 0 Å².